The third kappa shape index (κ3) is 2.79. The molecule has 5 heteroatoms. The summed E-state index contributed by atoms with van der Waals surface area (Å²) < 4.78 is 25.1. The zero-order valence-corrected chi connectivity index (χ0v) is 10.6. The van der Waals surface area contributed by atoms with Gasteiger partial charge in [-0.25, -0.2) is 8.42 Å². The molecule has 0 amide bonds. The lowest BCUT2D eigenvalue weighted by atomic mass is 10.1. The van der Waals surface area contributed by atoms with Crippen LogP contribution in [-0.4, -0.2) is 27.3 Å². The minimum Gasteiger partial charge on any atom is -0.330 e. The van der Waals surface area contributed by atoms with Crippen LogP contribution in [0.15, 0.2) is 24.3 Å². The average Bonchev–Trinajstić information content (AvgIpc) is 2.67. The van der Waals surface area contributed by atoms with Crippen LogP contribution in [0.4, 0.5) is 5.69 Å². The van der Waals surface area contributed by atoms with Crippen molar-refractivity contribution in [3.05, 3.63) is 29.8 Å². The zero-order valence-electron chi connectivity index (χ0n) is 9.80. The first-order chi connectivity index (χ1) is 8.13. The topological polar surface area (TPSA) is 63.4 Å². The van der Waals surface area contributed by atoms with E-state index >= 15 is 0 Å². The third-order valence-electron chi connectivity index (χ3n) is 2.97. The molecule has 0 radical (unpaired) electrons. The second-order valence-corrected chi connectivity index (χ2v) is 6.32. The van der Waals surface area contributed by atoms with Crippen LogP contribution in [0.25, 0.3) is 0 Å². The highest BCUT2D eigenvalue weighted by atomic mass is 32.2. The molecule has 0 aromatic heterocycles. The van der Waals surface area contributed by atoms with Crippen LogP contribution in [-0.2, 0) is 16.4 Å². The number of nitrogens with two attached hydrogens (primary N) is 1. The number of benzene rings is 1. The summed E-state index contributed by atoms with van der Waals surface area (Å²) in [6, 6.07) is 7.74. The van der Waals surface area contributed by atoms with Gasteiger partial charge in [-0.15, -0.1) is 0 Å². The minimum absolute atomic E-state index is 0.264. The Kier molecular flexibility index (Phi) is 3.69. The van der Waals surface area contributed by atoms with Gasteiger partial charge in [0.1, 0.15) is 0 Å². The zero-order chi connectivity index (χ0) is 12.3. The van der Waals surface area contributed by atoms with Crippen LogP contribution in [0.5, 0.6) is 0 Å². The smallest absolute Gasteiger partial charge is 0.235 e. The molecule has 0 bridgehead atoms. The van der Waals surface area contributed by atoms with Gasteiger partial charge >= 0.3 is 0 Å². The quantitative estimate of drug-likeness (QED) is 0.875. The summed E-state index contributed by atoms with van der Waals surface area (Å²) in [6.07, 6.45) is 2.55. The molecule has 94 valence electrons. The van der Waals surface area contributed by atoms with E-state index in [0.29, 0.717) is 13.1 Å². The van der Waals surface area contributed by atoms with Crippen molar-refractivity contribution in [2.24, 2.45) is 5.73 Å². The number of hydrogen-bond donors (Lipinski definition) is 1. The van der Waals surface area contributed by atoms with E-state index in [0.717, 1.165) is 30.5 Å². The summed E-state index contributed by atoms with van der Waals surface area (Å²) in [4.78, 5) is 0. The van der Waals surface area contributed by atoms with Crippen molar-refractivity contribution in [2.75, 3.05) is 23.1 Å². The monoisotopic (exact) mass is 254 g/mol. The largest absolute Gasteiger partial charge is 0.330 e. The Morgan fingerprint density at radius 1 is 1.35 bits per heavy atom. The minimum atomic E-state index is -3.07. The number of rotatable bonds is 4. The van der Waals surface area contributed by atoms with Gasteiger partial charge in [0.25, 0.3) is 0 Å². The van der Waals surface area contributed by atoms with E-state index in [9.17, 15) is 8.42 Å². The highest BCUT2D eigenvalue weighted by Gasteiger charge is 2.28. The van der Waals surface area contributed by atoms with Crippen LogP contribution < -0.4 is 10.0 Å². The van der Waals surface area contributed by atoms with E-state index in [1.807, 2.05) is 24.3 Å². The molecule has 0 atom stereocenters. The highest BCUT2D eigenvalue weighted by Crippen LogP contribution is 2.24. The molecule has 0 spiro atoms. The maximum atomic E-state index is 11.8. The second-order valence-electron chi connectivity index (χ2n) is 4.30. The van der Waals surface area contributed by atoms with Gasteiger partial charge in [-0.3, -0.25) is 4.31 Å². The van der Waals surface area contributed by atoms with Gasteiger partial charge < -0.3 is 5.73 Å². The maximum Gasteiger partial charge on any atom is 0.235 e. The number of aryl methyl sites for hydroxylation is 1. The van der Waals surface area contributed by atoms with E-state index in [1.54, 1.807) is 0 Å². The normalized spacial score (nSPS) is 18.5. The van der Waals surface area contributed by atoms with Crippen LogP contribution >= 0.6 is 0 Å². The van der Waals surface area contributed by atoms with Gasteiger partial charge in [0.05, 0.1) is 11.4 Å². The first kappa shape index (κ1) is 12.4. The standard InChI is InChI=1S/C12H18N2O2S/c13-7-2-5-11-4-1-6-12(10-11)14-8-3-9-17(14,15)16/h1,4,6,10H,2-3,5,7-9,13H2. The van der Waals surface area contributed by atoms with Gasteiger partial charge in [-0.2, -0.15) is 0 Å². The number of sulfonamides is 1. The first-order valence-corrected chi connectivity index (χ1v) is 7.54. The average molecular weight is 254 g/mol. The summed E-state index contributed by atoms with van der Waals surface area (Å²) in [6.45, 7) is 1.26. The van der Waals surface area contributed by atoms with Gasteiger partial charge in [0.15, 0.2) is 0 Å². The molecule has 1 heterocycles. The molecular formula is C12H18N2O2S. The molecule has 0 aliphatic carbocycles. The van der Waals surface area contributed by atoms with Crippen molar-refractivity contribution in [3.8, 4) is 0 Å². The van der Waals surface area contributed by atoms with E-state index in [-0.39, 0.29) is 5.75 Å². The van der Waals surface area contributed by atoms with Crippen molar-refractivity contribution >= 4 is 15.7 Å². The van der Waals surface area contributed by atoms with Crippen molar-refractivity contribution in [1.82, 2.24) is 0 Å². The molecule has 1 aromatic rings. The Morgan fingerprint density at radius 3 is 2.82 bits per heavy atom. The Bertz CT molecular complexity index is 485. The molecular weight excluding hydrogens is 236 g/mol. The molecule has 1 saturated heterocycles. The highest BCUT2D eigenvalue weighted by molar-refractivity contribution is 7.93. The fourth-order valence-electron chi connectivity index (χ4n) is 2.10. The lowest BCUT2D eigenvalue weighted by Crippen LogP contribution is -2.25. The van der Waals surface area contributed by atoms with Gasteiger partial charge in [-0.05, 0) is 43.5 Å². The molecule has 0 saturated carbocycles. The molecule has 1 aliphatic rings. The molecule has 2 N–H and O–H groups in total. The Hall–Kier alpha value is -1.07. The molecule has 1 fully saturated rings. The van der Waals surface area contributed by atoms with E-state index < -0.39 is 10.0 Å². The molecule has 0 unspecified atom stereocenters. The Labute approximate surface area is 102 Å². The van der Waals surface area contributed by atoms with Gasteiger partial charge in [-0.1, -0.05) is 12.1 Å². The van der Waals surface area contributed by atoms with Crippen LogP contribution in [0, 0.1) is 0 Å². The van der Waals surface area contributed by atoms with Crippen molar-refractivity contribution in [1.29, 1.82) is 0 Å². The SMILES string of the molecule is NCCCc1cccc(N2CCCS2(=O)=O)c1. The van der Waals surface area contributed by atoms with Gasteiger partial charge in [0, 0.05) is 6.54 Å². The summed E-state index contributed by atoms with van der Waals surface area (Å²) >= 11 is 0. The molecule has 1 aliphatic heterocycles. The van der Waals surface area contributed by atoms with Gasteiger partial charge in [0.2, 0.25) is 10.0 Å². The lowest BCUT2D eigenvalue weighted by molar-refractivity contribution is 0.599. The summed E-state index contributed by atoms with van der Waals surface area (Å²) in [5.41, 5.74) is 7.41. The van der Waals surface area contributed by atoms with Crippen LogP contribution in [0.3, 0.4) is 0 Å². The number of nitrogens with zero attached hydrogens (tertiary/aromatic N) is 1. The predicted molar refractivity (Wildman–Crippen MR) is 69.6 cm³/mol. The Morgan fingerprint density at radius 2 is 2.18 bits per heavy atom. The second kappa shape index (κ2) is 5.06. The molecule has 4 nitrogen and oxygen atoms in total. The van der Waals surface area contributed by atoms with Crippen LogP contribution in [0.1, 0.15) is 18.4 Å². The maximum absolute atomic E-state index is 11.8. The Balaban J connectivity index is 2.21. The van der Waals surface area contributed by atoms with E-state index in [1.165, 1.54) is 4.31 Å². The summed E-state index contributed by atoms with van der Waals surface area (Å²) in [7, 11) is -3.07. The fraction of sp³-hybridized carbons (Fsp3) is 0.500. The first-order valence-electron chi connectivity index (χ1n) is 5.93. The summed E-state index contributed by atoms with van der Waals surface area (Å²) in [5.74, 6) is 0.264. The molecule has 2 rings (SSSR count). The number of hydrogen-bond acceptors (Lipinski definition) is 3. The van der Waals surface area contributed by atoms with Crippen molar-refractivity contribution in [3.63, 3.8) is 0 Å². The lowest BCUT2D eigenvalue weighted by Gasteiger charge is -2.17. The summed E-state index contributed by atoms with van der Waals surface area (Å²) in [5, 5.41) is 0. The molecule has 17 heavy (non-hydrogen) atoms. The van der Waals surface area contributed by atoms with Crippen molar-refractivity contribution < 1.29 is 8.42 Å². The predicted octanol–water partition coefficient (Wildman–Crippen LogP) is 1.12. The molecule has 1 aromatic carbocycles. The van der Waals surface area contributed by atoms with E-state index in [4.69, 9.17) is 5.73 Å². The number of anilines is 1. The fourth-order valence-corrected chi connectivity index (χ4v) is 3.66. The third-order valence-corrected chi connectivity index (χ3v) is 4.84. The van der Waals surface area contributed by atoms with Crippen molar-refractivity contribution in [2.45, 2.75) is 19.3 Å². The van der Waals surface area contributed by atoms with E-state index in [2.05, 4.69) is 0 Å². The van der Waals surface area contributed by atoms with Crippen LogP contribution in [0.2, 0.25) is 0 Å².